The van der Waals surface area contributed by atoms with E-state index in [4.69, 9.17) is 9.97 Å². The molecule has 184 valence electrons. The molecule has 35 heavy (non-hydrogen) atoms. The summed E-state index contributed by atoms with van der Waals surface area (Å²) in [7, 11) is 1.88. The Balaban J connectivity index is 1.57. The zero-order valence-electron chi connectivity index (χ0n) is 20.0. The number of nitrogens with zero attached hydrogens (tertiary/aromatic N) is 6. The monoisotopic (exact) mass is 483 g/mol. The number of anilines is 1. The van der Waals surface area contributed by atoms with Crippen molar-refractivity contribution < 1.29 is 13.2 Å². The number of imidazole rings is 1. The van der Waals surface area contributed by atoms with Crippen LogP contribution in [0.2, 0.25) is 0 Å². The molecule has 1 saturated carbocycles. The number of hydrogen-bond acceptors (Lipinski definition) is 5. The van der Waals surface area contributed by atoms with Crippen LogP contribution in [0.5, 0.6) is 0 Å². The van der Waals surface area contributed by atoms with Gasteiger partial charge in [0.05, 0.1) is 23.1 Å². The Hall–Kier alpha value is -3.43. The molecule has 0 aliphatic heterocycles. The Kier molecular flexibility index (Phi) is 5.98. The number of aromatic nitrogens is 6. The molecular formula is C25H28F3N7. The minimum absolute atomic E-state index is 0.177. The minimum atomic E-state index is -4.39. The van der Waals surface area contributed by atoms with E-state index >= 15 is 0 Å². The van der Waals surface area contributed by atoms with Crippen LogP contribution in [0.15, 0.2) is 30.6 Å². The predicted molar refractivity (Wildman–Crippen MR) is 128 cm³/mol. The van der Waals surface area contributed by atoms with E-state index in [-0.39, 0.29) is 6.54 Å². The summed E-state index contributed by atoms with van der Waals surface area (Å²) in [6.45, 7) is 4.07. The molecule has 0 atom stereocenters. The van der Waals surface area contributed by atoms with Gasteiger partial charge in [-0.1, -0.05) is 31.4 Å². The van der Waals surface area contributed by atoms with Crippen molar-refractivity contribution in [2.45, 2.75) is 64.7 Å². The van der Waals surface area contributed by atoms with E-state index in [0.29, 0.717) is 28.8 Å². The van der Waals surface area contributed by atoms with Crippen LogP contribution in [-0.4, -0.2) is 29.3 Å². The summed E-state index contributed by atoms with van der Waals surface area (Å²) in [4.78, 5) is 14.3. The summed E-state index contributed by atoms with van der Waals surface area (Å²) < 4.78 is 43.5. The summed E-state index contributed by atoms with van der Waals surface area (Å²) in [6.07, 6.45) is 3.15. The topological polar surface area (TPSA) is 73.5 Å². The predicted octanol–water partition coefficient (Wildman–Crippen LogP) is 5.98. The van der Waals surface area contributed by atoms with Gasteiger partial charge in [0.1, 0.15) is 5.52 Å². The zero-order chi connectivity index (χ0) is 24.7. The van der Waals surface area contributed by atoms with Crippen LogP contribution in [0.4, 0.5) is 19.0 Å². The van der Waals surface area contributed by atoms with Crippen LogP contribution < -0.4 is 5.32 Å². The maximum atomic E-state index is 13.2. The zero-order valence-corrected chi connectivity index (χ0v) is 20.0. The van der Waals surface area contributed by atoms with Crippen LogP contribution in [0.3, 0.4) is 0 Å². The Morgan fingerprint density at radius 1 is 1.09 bits per heavy atom. The first-order valence-electron chi connectivity index (χ1n) is 11.9. The van der Waals surface area contributed by atoms with Crippen molar-refractivity contribution in [3.63, 3.8) is 0 Å². The van der Waals surface area contributed by atoms with Gasteiger partial charge in [0.15, 0.2) is 17.3 Å². The van der Waals surface area contributed by atoms with Gasteiger partial charge in [-0.25, -0.2) is 15.0 Å². The van der Waals surface area contributed by atoms with E-state index in [1.165, 1.54) is 25.3 Å². The first-order valence-corrected chi connectivity index (χ1v) is 11.9. The lowest BCUT2D eigenvalue weighted by molar-refractivity contribution is -0.137. The third-order valence-electron chi connectivity index (χ3n) is 6.84. The fraction of sp³-hybridized carbons (Fsp3) is 0.440. The molecule has 4 aromatic rings. The number of rotatable bonds is 5. The molecule has 7 nitrogen and oxygen atoms in total. The van der Waals surface area contributed by atoms with E-state index in [0.717, 1.165) is 47.6 Å². The molecule has 1 aliphatic rings. The van der Waals surface area contributed by atoms with Crippen molar-refractivity contribution in [2.75, 3.05) is 5.32 Å². The lowest BCUT2D eigenvalue weighted by atomic mass is 9.95. The average molecular weight is 484 g/mol. The van der Waals surface area contributed by atoms with Gasteiger partial charge in [-0.05, 0) is 44.4 Å². The number of benzene rings is 1. The van der Waals surface area contributed by atoms with E-state index < -0.39 is 11.7 Å². The Morgan fingerprint density at radius 2 is 1.86 bits per heavy atom. The summed E-state index contributed by atoms with van der Waals surface area (Å²) in [5.41, 5.74) is 3.79. The van der Waals surface area contributed by atoms with Gasteiger partial charge in [0.2, 0.25) is 0 Å². The molecule has 0 unspecified atom stereocenters. The van der Waals surface area contributed by atoms with Crippen molar-refractivity contribution in [3.05, 3.63) is 53.1 Å². The SMILES string of the molecule is Cc1nn(C)c(C)c1-c1nc(NCc2cccc(C(F)(F)F)c2)c2ncn(C3CCCCC3)c2n1. The van der Waals surface area contributed by atoms with Crippen molar-refractivity contribution in [1.82, 2.24) is 29.3 Å². The third kappa shape index (κ3) is 4.49. The molecular weight excluding hydrogens is 455 g/mol. The Morgan fingerprint density at radius 3 is 2.54 bits per heavy atom. The van der Waals surface area contributed by atoms with E-state index in [1.54, 1.807) is 10.7 Å². The highest BCUT2D eigenvalue weighted by atomic mass is 19.4. The second kappa shape index (κ2) is 8.98. The van der Waals surface area contributed by atoms with Gasteiger partial charge in [-0.3, -0.25) is 4.68 Å². The number of alkyl halides is 3. The molecule has 1 N–H and O–H groups in total. The fourth-order valence-electron chi connectivity index (χ4n) is 4.92. The summed E-state index contributed by atoms with van der Waals surface area (Å²) in [5.74, 6) is 1.03. The number of halogens is 3. The lowest BCUT2D eigenvalue weighted by Crippen LogP contribution is -2.13. The Bertz CT molecular complexity index is 1360. The smallest absolute Gasteiger partial charge is 0.364 e. The van der Waals surface area contributed by atoms with Gasteiger partial charge >= 0.3 is 6.18 Å². The number of fused-ring (bicyclic) bond motifs is 1. The lowest BCUT2D eigenvalue weighted by Gasteiger charge is -2.23. The second-order valence-electron chi connectivity index (χ2n) is 9.23. The highest BCUT2D eigenvalue weighted by molar-refractivity contribution is 5.85. The van der Waals surface area contributed by atoms with Gasteiger partial charge < -0.3 is 9.88 Å². The fourth-order valence-corrected chi connectivity index (χ4v) is 4.92. The standard InChI is InChI=1S/C25H28F3N7/c1-15-20(16(2)34(3)33-15)22-31-23(29-13-17-8-7-9-18(12-17)25(26,27)28)21-24(32-22)35(14-30-21)19-10-5-4-6-11-19/h7-9,12,14,19H,4-6,10-11,13H2,1-3H3,(H,29,31,32). The largest absolute Gasteiger partial charge is 0.416 e. The molecule has 0 spiro atoms. The molecule has 0 saturated heterocycles. The maximum Gasteiger partial charge on any atom is 0.416 e. The van der Waals surface area contributed by atoms with Crippen LogP contribution in [0.25, 0.3) is 22.6 Å². The molecule has 10 heteroatoms. The molecule has 3 aromatic heterocycles. The van der Waals surface area contributed by atoms with Crippen LogP contribution in [0, 0.1) is 13.8 Å². The van der Waals surface area contributed by atoms with Gasteiger partial charge in [-0.2, -0.15) is 18.3 Å². The number of nitrogens with one attached hydrogen (secondary N) is 1. The summed E-state index contributed by atoms with van der Waals surface area (Å²) in [6, 6.07) is 5.63. The molecule has 5 rings (SSSR count). The van der Waals surface area contributed by atoms with Crippen molar-refractivity contribution >= 4 is 17.0 Å². The molecule has 1 fully saturated rings. The third-order valence-corrected chi connectivity index (χ3v) is 6.84. The summed E-state index contributed by atoms with van der Waals surface area (Å²) in [5, 5.41) is 7.74. The first-order chi connectivity index (χ1) is 16.7. The quantitative estimate of drug-likeness (QED) is 0.378. The molecule has 0 radical (unpaired) electrons. The minimum Gasteiger partial charge on any atom is -0.364 e. The van der Waals surface area contributed by atoms with Crippen LogP contribution >= 0.6 is 0 Å². The van der Waals surface area contributed by atoms with Crippen molar-refractivity contribution in [1.29, 1.82) is 0 Å². The van der Waals surface area contributed by atoms with Gasteiger partial charge in [-0.15, -0.1) is 0 Å². The molecule has 0 amide bonds. The number of aryl methyl sites for hydroxylation is 2. The average Bonchev–Trinajstić information content (AvgIpc) is 3.37. The van der Waals surface area contributed by atoms with Crippen molar-refractivity contribution in [2.24, 2.45) is 7.05 Å². The normalized spacial score (nSPS) is 15.1. The molecule has 1 aromatic carbocycles. The van der Waals surface area contributed by atoms with E-state index in [1.807, 2.05) is 27.2 Å². The Labute approximate surface area is 201 Å². The highest BCUT2D eigenvalue weighted by Crippen LogP contribution is 2.34. The van der Waals surface area contributed by atoms with Crippen LogP contribution in [-0.2, 0) is 19.8 Å². The van der Waals surface area contributed by atoms with E-state index in [2.05, 4.69) is 20.0 Å². The molecule has 0 bridgehead atoms. The molecule has 1 aliphatic carbocycles. The van der Waals surface area contributed by atoms with Crippen molar-refractivity contribution in [3.8, 4) is 11.4 Å². The first kappa shape index (κ1) is 23.3. The van der Waals surface area contributed by atoms with Gasteiger partial charge in [0, 0.05) is 25.3 Å². The van der Waals surface area contributed by atoms with Crippen LogP contribution in [0.1, 0.15) is 60.7 Å². The van der Waals surface area contributed by atoms with E-state index in [9.17, 15) is 13.2 Å². The molecule has 3 heterocycles. The summed E-state index contributed by atoms with van der Waals surface area (Å²) >= 11 is 0. The second-order valence-corrected chi connectivity index (χ2v) is 9.23. The number of hydrogen-bond donors (Lipinski definition) is 1. The van der Waals surface area contributed by atoms with Gasteiger partial charge in [0.25, 0.3) is 0 Å². The highest BCUT2D eigenvalue weighted by Gasteiger charge is 2.30. The maximum absolute atomic E-state index is 13.2.